The van der Waals surface area contributed by atoms with Gasteiger partial charge in [-0.3, -0.25) is 4.79 Å². The van der Waals surface area contributed by atoms with Crippen molar-refractivity contribution in [3.05, 3.63) is 112 Å². The van der Waals surface area contributed by atoms with Crippen LogP contribution in [-0.2, 0) is 23.1 Å². The third-order valence-electron chi connectivity index (χ3n) is 5.56. The van der Waals surface area contributed by atoms with Crippen LogP contribution in [0.1, 0.15) is 20.8 Å². The van der Waals surface area contributed by atoms with Gasteiger partial charge in [-0.05, 0) is 65.0 Å². The first-order chi connectivity index (χ1) is 17.2. The largest absolute Gasteiger partial charge is 0.377 e. The molecule has 1 amide bonds. The number of thiophene rings is 1. The summed E-state index contributed by atoms with van der Waals surface area (Å²) in [5.74, 6) is -0.735. The number of sulfonamides is 1. The molecule has 6 nitrogen and oxygen atoms in total. The van der Waals surface area contributed by atoms with Gasteiger partial charge in [0.25, 0.3) is 5.91 Å². The Hall–Kier alpha value is -3.53. The minimum Gasteiger partial charge on any atom is -0.377 e. The summed E-state index contributed by atoms with van der Waals surface area (Å²) < 4.78 is 42.2. The van der Waals surface area contributed by atoms with E-state index >= 15 is 0 Å². The lowest BCUT2D eigenvalue weighted by molar-refractivity contribution is 0.103. The number of amides is 1. The van der Waals surface area contributed by atoms with E-state index in [9.17, 15) is 17.6 Å². The van der Waals surface area contributed by atoms with Gasteiger partial charge in [0.1, 0.15) is 5.82 Å². The summed E-state index contributed by atoms with van der Waals surface area (Å²) in [6.07, 6.45) is 0. The van der Waals surface area contributed by atoms with Gasteiger partial charge in [-0.15, -0.1) is 11.3 Å². The first-order valence-electron chi connectivity index (χ1n) is 11.2. The molecule has 3 aromatic carbocycles. The van der Waals surface area contributed by atoms with E-state index in [-0.39, 0.29) is 23.9 Å². The van der Waals surface area contributed by atoms with Crippen molar-refractivity contribution in [2.75, 3.05) is 24.3 Å². The van der Waals surface area contributed by atoms with Crippen molar-refractivity contribution in [1.29, 1.82) is 0 Å². The van der Waals surface area contributed by atoms with Crippen LogP contribution in [0, 0.1) is 5.82 Å². The Morgan fingerprint density at radius 2 is 1.64 bits per heavy atom. The fraction of sp³-hybridized carbons (Fsp3) is 0.148. The van der Waals surface area contributed by atoms with Crippen molar-refractivity contribution in [3.63, 3.8) is 0 Å². The zero-order valence-electron chi connectivity index (χ0n) is 19.9. The number of nitrogens with zero attached hydrogens (tertiary/aromatic N) is 2. The zero-order chi connectivity index (χ0) is 25.7. The average molecular weight is 524 g/mol. The van der Waals surface area contributed by atoms with Gasteiger partial charge in [-0.25, -0.2) is 12.8 Å². The van der Waals surface area contributed by atoms with Crippen LogP contribution in [0.5, 0.6) is 0 Å². The highest BCUT2D eigenvalue weighted by atomic mass is 32.2. The smallest absolute Gasteiger partial charge is 0.265 e. The number of hydrogen-bond acceptors (Lipinski definition) is 5. The molecule has 186 valence electrons. The van der Waals surface area contributed by atoms with Crippen LogP contribution < -0.4 is 10.2 Å². The molecule has 0 aliphatic heterocycles. The van der Waals surface area contributed by atoms with Gasteiger partial charge in [0.15, 0.2) is 0 Å². The molecule has 1 aromatic heterocycles. The number of carbonyl (C=O) groups excluding carboxylic acids is 1. The Kier molecular flexibility index (Phi) is 7.83. The van der Waals surface area contributed by atoms with E-state index in [0.29, 0.717) is 16.1 Å². The summed E-state index contributed by atoms with van der Waals surface area (Å²) in [6.45, 7) is 0.171. The van der Waals surface area contributed by atoms with Crippen molar-refractivity contribution in [2.45, 2.75) is 18.0 Å². The van der Waals surface area contributed by atoms with Crippen LogP contribution in [0.25, 0.3) is 0 Å². The van der Waals surface area contributed by atoms with E-state index < -0.39 is 15.8 Å². The molecule has 9 heteroatoms. The van der Waals surface area contributed by atoms with Crippen LogP contribution >= 0.6 is 11.3 Å². The lowest BCUT2D eigenvalue weighted by Gasteiger charge is -2.26. The third kappa shape index (κ3) is 5.99. The lowest BCUT2D eigenvalue weighted by atomic mass is 10.1. The molecule has 0 aliphatic rings. The molecule has 36 heavy (non-hydrogen) atoms. The van der Waals surface area contributed by atoms with Gasteiger partial charge < -0.3 is 10.2 Å². The number of anilines is 2. The molecular weight excluding hydrogens is 497 g/mol. The molecule has 0 aliphatic carbocycles. The topological polar surface area (TPSA) is 69.7 Å². The Balaban J connectivity index is 1.71. The molecule has 0 fully saturated rings. The standard InChI is InChI=1S/C27H26FN3O3S2/c1-30(2)25-15-12-23(29-27(32)26-9-6-16-35-26)17-21(25)19-31(18-20-7-4-3-5-8-20)36(33,34)24-13-10-22(28)11-14-24/h3-17H,18-19H2,1-2H3,(H,29,32). The second-order valence-electron chi connectivity index (χ2n) is 8.38. The Morgan fingerprint density at radius 3 is 2.28 bits per heavy atom. The average Bonchev–Trinajstić information content (AvgIpc) is 3.40. The fourth-order valence-electron chi connectivity index (χ4n) is 3.79. The molecule has 0 saturated heterocycles. The number of nitrogens with one attached hydrogen (secondary N) is 1. The molecular formula is C27H26FN3O3S2. The van der Waals surface area contributed by atoms with Crippen LogP contribution in [0.2, 0.25) is 0 Å². The Labute approximate surface area is 214 Å². The first-order valence-corrected chi connectivity index (χ1v) is 13.5. The summed E-state index contributed by atoms with van der Waals surface area (Å²) >= 11 is 1.34. The maximum absolute atomic E-state index is 13.7. The fourth-order valence-corrected chi connectivity index (χ4v) is 5.81. The second-order valence-corrected chi connectivity index (χ2v) is 11.3. The van der Waals surface area contributed by atoms with Crippen molar-refractivity contribution < 1.29 is 17.6 Å². The number of benzene rings is 3. The maximum atomic E-state index is 13.7. The van der Waals surface area contributed by atoms with Gasteiger partial charge in [0, 0.05) is 38.6 Å². The molecule has 0 bridgehead atoms. The molecule has 0 radical (unpaired) electrons. The highest BCUT2D eigenvalue weighted by Crippen LogP contribution is 2.29. The number of carbonyl (C=O) groups is 1. The molecule has 1 N–H and O–H groups in total. The quantitative estimate of drug-likeness (QED) is 0.310. The van der Waals surface area contributed by atoms with Crippen LogP contribution in [-0.4, -0.2) is 32.7 Å². The predicted octanol–water partition coefficient (Wildman–Crippen LogP) is 5.60. The molecule has 1 heterocycles. The molecule has 4 aromatic rings. The Bertz CT molecular complexity index is 1420. The lowest BCUT2D eigenvalue weighted by Crippen LogP contribution is -2.31. The number of rotatable bonds is 9. The first kappa shape index (κ1) is 25.6. The zero-order valence-corrected chi connectivity index (χ0v) is 21.5. The second kappa shape index (κ2) is 11.0. The summed E-state index contributed by atoms with van der Waals surface area (Å²) in [7, 11) is -0.218. The monoisotopic (exact) mass is 523 g/mol. The summed E-state index contributed by atoms with van der Waals surface area (Å²) in [4.78, 5) is 15.1. The van der Waals surface area contributed by atoms with Crippen LogP contribution in [0.3, 0.4) is 0 Å². The molecule has 0 spiro atoms. The summed E-state index contributed by atoms with van der Waals surface area (Å²) in [5, 5.41) is 4.72. The molecule has 4 rings (SSSR count). The summed E-state index contributed by atoms with van der Waals surface area (Å²) in [5.41, 5.74) is 2.91. The normalized spacial score (nSPS) is 11.4. The molecule has 0 saturated carbocycles. The minimum absolute atomic E-state index is 0.00777. The van der Waals surface area contributed by atoms with Crippen molar-refractivity contribution >= 4 is 38.6 Å². The van der Waals surface area contributed by atoms with Crippen LogP contribution in [0.15, 0.2) is 95.2 Å². The van der Waals surface area contributed by atoms with Gasteiger partial charge >= 0.3 is 0 Å². The summed E-state index contributed by atoms with van der Waals surface area (Å²) in [6, 6.07) is 23.1. The van der Waals surface area contributed by atoms with E-state index in [0.717, 1.165) is 23.4 Å². The van der Waals surface area contributed by atoms with E-state index in [4.69, 9.17) is 0 Å². The molecule has 0 unspecified atom stereocenters. The van der Waals surface area contributed by atoms with Crippen molar-refractivity contribution in [2.24, 2.45) is 0 Å². The van der Waals surface area contributed by atoms with E-state index in [1.165, 1.54) is 27.8 Å². The van der Waals surface area contributed by atoms with Gasteiger partial charge in [0.05, 0.1) is 9.77 Å². The SMILES string of the molecule is CN(C)c1ccc(NC(=O)c2cccs2)cc1CN(Cc1ccccc1)S(=O)(=O)c1ccc(F)cc1. The van der Waals surface area contributed by atoms with Gasteiger partial charge in [0.2, 0.25) is 10.0 Å². The maximum Gasteiger partial charge on any atom is 0.265 e. The van der Waals surface area contributed by atoms with E-state index in [1.807, 2.05) is 66.8 Å². The highest BCUT2D eigenvalue weighted by Gasteiger charge is 2.26. The predicted molar refractivity (Wildman–Crippen MR) is 142 cm³/mol. The highest BCUT2D eigenvalue weighted by molar-refractivity contribution is 7.89. The number of halogens is 1. The Morgan fingerprint density at radius 1 is 0.917 bits per heavy atom. The molecule has 0 atom stereocenters. The van der Waals surface area contributed by atoms with Gasteiger partial charge in [-0.2, -0.15) is 4.31 Å². The van der Waals surface area contributed by atoms with Crippen molar-refractivity contribution in [1.82, 2.24) is 4.31 Å². The van der Waals surface area contributed by atoms with E-state index in [1.54, 1.807) is 18.2 Å². The van der Waals surface area contributed by atoms with Gasteiger partial charge in [-0.1, -0.05) is 36.4 Å². The van der Waals surface area contributed by atoms with E-state index in [2.05, 4.69) is 5.32 Å². The van der Waals surface area contributed by atoms with Crippen molar-refractivity contribution in [3.8, 4) is 0 Å². The minimum atomic E-state index is -3.97. The third-order valence-corrected chi connectivity index (χ3v) is 8.24. The number of hydrogen-bond donors (Lipinski definition) is 1. The van der Waals surface area contributed by atoms with Crippen LogP contribution in [0.4, 0.5) is 15.8 Å².